The molecule has 0 fully saturated rings. The molecule has 0 aliphatic rings. The Morgan fingerprint density at radius 3 is 2.84 bits per heavy atom. The van der Waals surface area contributed by atoms with Crippen LogP contribution in [0.25, 0.3) is 0 Å². The van der Waals surface area contributed by atoms with Gasteiger partial charge in [-0.25, -0.2) is 4.39 Å². The van der Waals surface area contributed by atoms with Gasteiger partial charge in [0.05, 0.1) is 23.0 Å². The fourth-order valence-corrected chi connectivity index (χ4v) is 1.91. The minimum absolute atomic E-state index is 0.202. The van der Waals surface area contributed by atoms with Gasteiger partial charge < -0.3 is 15.1 Å². The fourth-order valence-electron chi connectivity index (χ4n) is 1.57. The first-order valence-corrected chi connectivity index (χ1v) is 6.38. The van der Waals surface area contributed by atoms with Crippen LogP contribution in [0.4, 0.5) is 15.8 Å². The molecule has 0 bridgehead atoms. The van der Waals surface area contributed by atoms with Crippen LogP contribution in [-0.4, -0.2) is 5.91 Å². The highest BCUT2D eigenvalue weighted by Gasteiger charge is 2.07. The van der Waals surface area contributed by atoms with Gasteiger partial charge in [0.25, 0.3) is 0 Å². The second kappa shape index (κ2) is 5.88. The van der Waals surface area contributed by atoms with E-state index in [4.69, 9.17) is 4.42 Å². The van der Waals surface area contributed by atoms with Crippen LogP contribution in [0.1, 0.15) is 12.7 Å². The summed E-state index contributed by atoms with van der Waals surface area (Å²) in [6.45, 7) is 1.74. The average Bonchev–Trinajstić information content (AvgIpc) is 2.75. The highest BCUT2D eigenvalue weighted by atomic mass is 79.9. The van der Waals surface area contributed by atoms with Crippen molar-refractivity contribution in [3.63, 3.8) is 0 Å². The van der Waals surface area contributed by atoms with E-state index in [1.807, 2.05) is 0 Å². The van der Waals surface area contributed by atoms with E-state index in [1.54, 1.807) is 12.3 Å². The number of rotatable bonds is 4. The molecule has 0 unspecified atom stereocenters. The third-order valence-corrected chi connectivity index (χ3v) is 3.12. The van der Waals surface area contributed by atoms with E-state index < -0.39 is 5.82 Å². The standard InChI is InChI=1S/C13H12BrFN2O2/c1-8(18)17-9-2-3-11(15)12(6-9)16-7-13-10(14)4-5-19-13/h2-6,16H,7H2,1H3,(H,17,18). The van der Waals surface area contributed by atoms with Gasteiger partial charge >= 0.3 is 0 Å². The van der Waals surface area contributed by atoms with Crippen molar-refractivity contribution >= 4 is 33.2 Å². The zero-order chi connectivity index (χ0) is 13.8. The Labute approximate surface area is 118 Å². The Hall–Kier alpha value is -1.82. The number of benzene rings is 1. The number of carbonyl (C=O) groups is 1. The molecule has 1 aromatic heterocycles. The Morgan fingerprint density at radius 2 is 2.21 bits per heavy atom. The predicted octanol–water partition coefficient (Wildman–Crippen LogP) is 3.75. The molecule has 0 saturated heterocycles. The number of furan rings is 1. The molecule has 100 valence electrons. The summed E-state index contributed by atoms with van der Waals surface area (Å²) < 4.78 is 19.7. The van der Waals surface area contributed by atoms with Crippen LogP contribution in [0.5, 0.6) is 0 Å². The highest BCUT2D eigenvalue weighted by molar-refractivity contribution is 9.10. The van der Waals surface area contributed by atoms with Gasteiger partial charge in [-0.15, -0.1) is 0 Å². The van der Waals surface area contributed by atoms with Gasteiger partial charge in [-0.3, -0.25) is 4.79 Å². The van der Waals surface area contributed by atoms with Crippen molar-refractivity contribution in [3.05, 3.63) is 46.6 Å². The van der Waals surface area contributed by atoms with Gasteiger partial charge in [0, 0.05) is 12.6 Å². The maximum Gasteiger partial charge on any atom is 0.221 e. The quantitative estimate of drug-likeness (QED) is 0.899. The van der Waals surface area contributed by atoms with Crippen LogP contribution in [0.2, 0.25) is 0 Å². The van der Waals surface area contributed by atoms with Gasteiger partial charge in [-0.2, -0.15) is 0 Å². The van der Waals surface area contributed by atoms with Crippen LogP contribution in [0.3, 0.4) is 0 Å². The maximum absolute atomic E-state index is 13.6. The molecule has 0 aliphatic carbocycles. The van der Waals surface area contributed by atoms with E-state index in [0.29, 0.717) is 23.7 Å². The monoisotopic (exact) mass is 326 g/mol. The lowest BCUT2D eigenvalue weighted by atomic mass is 10.2. The van der Waals surface area contributed by atoms with Gasteiger partial charge in [0.15, 0.2) is 0 Å². The first kappa shape index (κ1) is 13.6. The van der Waals surface area contributed by atoms with Gasteiger partial charge in [-0.05, 0) is 40.2 Å². The molecule has 2 N–H and O–H groups in total. The molecular formula is C13H12BrFN2O2. The molecule has 1 amide bonds. The molecule has 0 spiro atoms. The van der Waals surface area contributed by atoms with E-state index in [-0.39, 0.29) is 5.91 Å². The molecule has 1 heterocycles. The number of nitrogens with one attached hydrogen (secondary N) is 2. The normalized spacial score (nSPS) is 10.3. The molecule has 0 atom stereocenters. The molecular weight excluding hydrogens is 315 g/mol. The SMILES string of the molecule is CC(=O)Nc1ccc(F)c(NCc2occc2Br)c1. The lowest BCUT2D eigenvalue weighted by molar-refractivity contribution is -0.114. The molecule has 1 aromatic carbocycles. The molecule has 0 aliphatic heterocycles. The lowest BCUT2D eigenvalue weighted by Crippen LogP contribution is -2.07. The molecule has 19 heavy (non-hydrogen) atoms. The topological polar surface area (TPSA) is 54.3 Å². The Kier molecular flexibility index (Phi) is 4.21. The molecule has 2 rings (SSSR count). The molecule has 4 nitrogen and oxygen atoms in total. The second-order valence-corrected chi connectivity index (χ2v) is 4.78. The van der Waals surface area contributed by atoms with Crippen molar-refractivity contribution in [2.75, 3.05) is 10.6 Å². The molecule has 6 heteroatoms. The molecule has 2 aromatic rings. The van der Waals surface area contributed by atoms with E-state index in [0.717, 1.165) is 4.47 Å². The maximum atomic E-state index is 13.6. The predicted molar refractivity (Wildman–Crippen MR) is 74.4 cm³/mol. The molecule has 0 saturated carbocycles. The zero-order valence-corrected chi connectivity index (χ0v) is 11.8. The molecule has 0 radical (unpaired) electrons. The van der Waals surface area contributed by atoms with Crippen LogP contribution >= 0.6 is 15.9 Å². The summed E-state index contributed by atoms with van der Waals surface area (Å²) in [4.78, 5) is 11.0. The number of hydrogen-bond donors (Lipinski definition) is 2. The average molecular weight is 327 g/mol. The van der Waals surface area contributed by atoms with Crippen molar-refractivity contribution in [3.8, 4) is 0 Å². The van der Waals surface area contributed by atoms with E-state index >= 15 is 0 Å². The van der Waals surface area contributed by atoms with Crippen LogP contribution in [0, 0.1) is 5.82 Å². The summed E-state index contributed by atoms with van der Waals surface area (Å²) in [5, 5.41) is 5.52. The summed E-state index contributed by atoms with van der Waals surface area (Å²) in [5.41, 5.74) is 0.837. The van der Waals surface area contributed by atoms with E-state index in [2.05, 4.69) is 26.6 Å². The van der Waals surface area contributed by atoms with Crippen LogP contribution in [0.15, 0.2) is 39.4 Å². The first-order valence-electron chi connectivity index (χ1n) is 5.59. The number of anilines is 2. The highest BCUT2D eigenvalue weighted by Crippen LogP contribution is 2.23. The minimum Gasteiger partial charge on any atom is -0.466 e. The van der Waals surface area contributed by atoms with Gasteiger partial charge in [0.2, 0.25) is 5.91 Å². The van der Waals surface area contributed by atoms with Crippen molar-refractivity contribution in [1.29, 1.82) is 0 Å². The van der Waals surface area contributed by atoms with E-state index in [1.165, 1.54) is 25.1 Å². The minimum atomic E-state index is -0.392. The van der Waals surface area contributed by atoms with Crippen molar-refractivity contribution < 1.29 is 13.6 Å². The number of hydrogen-bond acceptors (Lipinski definition) is 3. The largest absolute Gasteiger partial charge is 0.466 e. The summed E-state index contributed by atoms with van der Waals surface area (Å²) in [7, 11) is 0. The summed E-state index contributed by atoms with van der Waals surface area (Å²) in [6, 6.07) is 6.10. The Morgan fingerprint density at radius 1 is 1.42 bits per heavy atom. The lowest BCUT2D eigenvalue weighted by Gasteiger charge is -2.09. The van der Waals surface area contributed by atoms with Crippen molar-refractivity contribution in [1.82, 2.24) is 0 Å². The smallest absolute Gasteiger partial charge is 0.221 e. The summed E-state index contributed by atoms with van der Waals surface area (Å²) >= 11 is 3.32. The van der Waals surface area contributed by atoms with E-state index in [9.17, 15) is 9.18 Å². The second-order valence-electron chi connectivity index (χ2n) is 3.92. The van der Waals surface area contributed by atoms with Crippen molar-refractivity contribution in [2.45, 2.75) is 13.5 Å². The Bertz CT molecular complexity index is 598. The van der Waals surface area contributed by atoms with Crippen molar-refractivity contribution in [2.24, 2.45) is 0 Å². The number of carbonyl (C=O) groups excluding carboxylic acids is 1. The zero-order valence-electron chi connectivity index (χ0n) is 10.2. The van der Waals surface area contributed by atoms with Gasteiger partial charge in [0.1, 0.15) is 11.6 Å². The van der Waals surface area contributed by atoms with Gasteiger partial charge in [-0.1, -0.05) is 0 Å². The Balaban J connectivity index is 2.11. The summed E-state index contributed by atoms with van der Waals surface area (Å²) in [5.74, 6) is 0.0763. The third-order valence-electron chi connectivity index (χ3n) is 2.42. The van der Waals surface area contributed by atoms with Crippen LogP contribution < -0.4 is 10.6 Å². The fraction of sp³-hybridized carbons (Fsp3) is 0.154. The third kappa shape index (κ3) is 3.57. The van der Waals surface area contributed by atoms with Crippen LogP contribution in [-0.2, 0) is 11.3 Å². The first-order chi connectivity index (χ1) is 9.06. The summed E-state index contributed by atoms with van der Waals surface area (Å²) in [6.07, 6.45) is 1.55. The number of halogens is 2. The number of amides is 1.